The standard InChI is InChI=1S/C23H26N4O3/c1-30-23(29)16-9-10-17-18(14-16)25-22-20(17)21(24-11-5-6-12-28)26-19(27-22)13-15-7-3-2-4-8-15/h2-4,7-10,14,23,28-29H,5-6,11-13H2,1H3,(H2,24,25,26,27). The van der Waals surface area contributed by atoms with Crippen molar-refractivity contribution in [3.8, 4) is 0 Å². The summed E-state index contributed by atoms with van der Waals surface area (Å²) in [5.74, 6) is 1.50. The molecule has 0 fully saturated rings. The fraction of sp³-hybridized carbons (Fsp3) is 0.304. The second kappa shape index (κ2) is 9.21. The predicted octanol–water partition coefficient (Wildman–Crippen LogP) is 3.52. The zero-order valence-electron chi connectivity index (χ0n) is 16.9. The van der Waals surface area contributed by atoms with Crippen LogP contribution < -0.4 is 5.32 Å². The molecule has 0 aliphatic carbocycles. The van der Waals surface area contributed by atoms with Gasteiger partial charge in [-0.25, -0.2) is 9.97 Å². The van der Waals surface area contributed by atoms with Gasteiger partial charge in [-0.3, -0.25) is 0 Å². The Morgan fingerprint density at radius 1 is 1.10 bits per heavy atom. The number of hydrogen-bond donors (Lipinski definition) is 4. The highest BCUT2D eigenvalue weighted by atomic mass is 16.6. The number of fused-ring (bicyclic) bond motifs is 3. The topological polar surface area (TPSA) is 103 Å². The van der Waals surface area contributed by atoms with Crippen molar-refractivity contribution < 1.29 is 14.9 Å². The fourth-order valence-electron chi connectivity index (χ4n) is 3.58. The van der Waals surface area contributed by atoms with Crippen LogP contribution in [0.5, 0.6) is 0 Å². The molecule has 0 aliphatic heterocycles. The summed E-state index contributed by atoms with van der Waals surface area (Å²) >= 11 is 0. The van der Waals surface area contributed by atoms with Crippen molar-refractivity contribution in [3.63, 3.8) is 0 Å². The van der Waals surface area contributed by atoms with E-state index in [0.29, 0.717) is 18.5 Å². The summed E-state index contributed by atoms with van der Waals surface area (Å²) in [5, 5.41) is 24.4. The normalized spacial score (nSPS) is 12.5. The third kappa shape index (κ3) is 4.28. The summed E-state index contributed by atoms with van der Waals surface area (Å²) in [5.41, 5.74) is 3.43. The Labute approximate surface area is 174 Å². The van der Waals surface area contributed by atoms with Gasteiger partial charge in [0.05, 0.1) is 5.39 Å². The first kappa shape index (κ1) is 20.3. The molecule has 1 unspecified atom stereocenters. The van der Waals surface area contributed by atoms with Crippen LogP contribution in [0.4, 0.5) is 5.82 Å². The van der Waals surface area contributed by atoms with Crippen molar-refractivity contribution in [2.45, 2.75) is 25.6 Å². The molecule has 156 valence electrons. The maximum atomic E-state index is 10.00. The Morgan fingerprint density at radius 3 is 2.70 bits per heavy atom. The molecule has 1 atom stereocenters. The Kier molecular flexibility index (Phi) is 6.23. The van der Waals surface area contributed by atoms with Gasteiger partial charge in [0.15, 0.2) is 6.29 Å². The number of nitrogens with zero attached hydrogens (tertiary/aromatic N) is 2. The van der Waals surface area contributed by atoms with Crippen LogP contribution in [-0.2, 0) is 11.2 Å². The van der Waals surface area contributed by atoms with Gasteiger partial charge in [0.2, 0.25) is 0 Å². The number of methoxy groups -OCH3 is 1. The zero-order chi connectivity index (χ0) is 20.9. The maximum absolute atomic E-state index is 10.00. The summed E-state index contributed by atoms with van der Waals surface area (Å²) in [4.78, 5) is 12.9. The number of aromatic nitrogens is 3. The molecule has 4 N–H and O–H groups in total. The number of nitrogens with one attached hydrogen (secondary N) is 2. The summed E-state index contributed by atoms with van der Waals surface area (Å²) in [6, 6.07) is 15.8. The minimum Gasteiger partial charge on any atom is -0.396 e. The molecule has 0 saturated carbocycles. The molecule has 4 rings (SSSR count). The number of aliphatic hydroxyl groups excluding tert-OH is 2. The molecular formula is C23H26N4O3. The number of ether oxygens (including phenoxy) is 1. The Bertz CT molecular complexity index is 1130. The van der Waals surface area contributed by atoms with Crippen molar-refractivity contribution >= 4 is 27.8 Å². The fourth-order valence-corrected chi connectivity index (χ4v) is 3.58. The molecule has 0 radical (unpaired) electrons. The van der Waals surface area contributed by atoms with Gasteiger partial charge in [-0.15, -0.1) is 0 Å². The van der Waals surface area contributed by atoms with E-state index in [4.69, 9.17) is 19.8 Å². The lowest BCUT2D eigenvalue weighted by atomic mass is 10.1. The van der Waals surface area contributed by atoms with E-state index in [-0.39, 0.29) is 6.61 Å². The predicted molar refractivity (Wildman–Crippen MR) is 117 cm³/mol. The smallest absolute Gasteiger partial charge is 0.180 e. The van der Waals surface area contributed by atoms with Crippen LogP contribution in [0.2, 0.25) is 0 Å². The van der Waals surface area contributed by atoms with Gasteiger partial charge in [0.25, 0.3) is 0 Å². The summed E-state index contributed by atoms with van der Waals surface area (Å²) in [6.45, 7) is 0.891. The Morgan fingerprint density at radius 2 is 1.93 bits per heavy atom. The number of rotatable bonds is 9. The minimum absolute atomic E-state index is 0.178. The van der Waals surface area contributed by atoms with E-state index in [1.54, 1.807) is 0 Å². The largest absolute Gasteiger partial charge is 0.396 e. The molecule has 7 heteroatoms. The highest BCUT2D eigenvalue weighted by Crippen LogP contribution is 2.31. The molecule has 2 aromatic heterocycles. The van der Waals surface area contributed by atoms with E-state index in [2.05, 4.69) is 22.4 Å². The number of hydrogen-bond acceptors (Lipinski definition) is 6. The first-order valence-corrected chi connectivity index (χ1v) is 10.1. The van der Waals surface area contributed by atoms with E-state index >= 15 is 0 Å². The number of aromatic amines is 1. The first-order chi connectivity index (χ1) is 14.7. The maximum Gasteiger partial charge on any atom is 0.180 e. The van der Waals surface area contributed by atoms with Crippen molar-refractivity contribution in [1.82, 2.24) is 15.0 Å². The van der Waals surface area contributed by atoms with Crippen LogP contribution in [0.25, 0.3) is 21.9 Å². The molecule has 0 amide bonds. The summed E-state index contributed by atoms with van der Waals surface area (Å²) in [6.07, 6.45) is 1.24. The second-order valence-corrected chi connectivity index (χ2v) is 7.25. The average Bonchev–Trinajstić information content (AvgIpc) is 3.14. The first-order valence-electron chi connectivity index (χ1n) is 10.1. The van der Waals surface area contributed by atoms with Gasteiger partial charge in [-0.2, -0.15) is 0 Å². The van der Waals surface area contributed by atoms with E-state index in [0.717, 1.165) is 52.0 Å². The SMILES string of the molecule is COC(O)c1ccc2c(c1)[nH]c1nc(Cc3ccccc3)nc(NCCCCO)c12. The molecule has 0 spiro atoms. The number of H-pyrrole nitrogens is 1. The van der Waals surface area contributed by atoms with Crippen molar-refractivity contribution in [3.05, 3.63) is 65.5 Å². The molecule has 2 aromatic carbocycles. The van der Waals surface area contributed by atoms with E-state index in [9.17, 15) is 5.11 Å². The summed E-state index contributed by atoms with van der Waals surface area (Å²) < 4.78 is 5.03. The second-order valence-electron chi connectivity index (χ2n) is 7.25. The lowest BCUT2D eigenvalue weighted by Crippen LogP contribution is -2.07. The van der Waals surface area contributed by atoms with Gasteiger partial charge in [0.1, 0.15) is 17.3 Å². The van der Waals surface area contributed by atoms with Gasteiger partial charge in [-0.05, 0) is 24.5 Å². The molecular weight excluding hydrogens is 380 g/mol. The highest BCUT2D eigenvalue weighted by molar-refractivity contribution is 6.11. The van der Waals surface area contributed by atoms with E-state index in [1.807, 2.05) is 36.4 Å². The van der Waals surface area contributed by atoms with Gasteiger partial charge >= 0.3 is 0 Å². The number of aliphatic hydroxyl groups is 2. The van der Waals surface area contributed by atoms with Gasteiger partial charge in [-0.1, -0.05) is 42.5 Å². The monoisotopic (exact) mass is 406 g/mol. The van der Waals surface area contributed by atoms with Crippen LogP contribution in [0.3, 0.4) is 0 Å². The van der Waals surface area contributed by atoms with Crippen molar-refractivity contribution in [2.24, 2.45) is 0 Å². The van der Waals surface area contributed by atoms with Crippen LogP contribution in [0, 0.1) is 0 Å². The van der Waals surface area contributed by atoms with E-state index in [1.165, 1.54) is 7.11 Å². The highest BCUT2D eigenvalue weighted by Gasteiger charge is 2.16. The number of unbranched alkanes of at least 4 members (excludes halogenated alkanes) is 1. The molecule has 0 bridgehead atoms. The number of benzene rings is 2. The van der Waals surface area contributed by atoms with E-state index < -0.39 is 6.29 Å². The van der Waals surface area contributed by atoms with Crippen LogP contribution >= 0.6 is 0 Å². The molecule has 0 aliphatic rings. The quantitative estimate of drug-likeness (QED) is 0.250. The Hall–Kier alpha value is -3.00. The zero-order valence-corrected chi connectivity index (χ0v) is 16.9. The van der Waals surface area contributed by atoms with Crippen LogP contribution in [0.15, 0.2) is 48.5 Å². The number of anilines is 1. The minimum atomic E-state index is -0.975. The third-order valence-electron chi connectivity index (χ3n) is 5.11. The van der Waals surface area contributed by atoms with Gasteiger partial charge < -0.3 is 25.3 Å². The van der Waals surface area contributed by atoms with Gasteiger partial charge in [0, 0.05) is 43.1 Å². The lowest BCUT2D eigenvalue weighted by molar-refractivity contribution is -0.0768. The molecule has 7 nitrogen and oxygen atoms in total. The average molecular weight is 406 g/mol. The van der Waals surface area contributed by atoms with Crippen molar-refractivity contribution in [1.29, 1.82) is 0 Å². The molecule has 4 aromatic rings. The molecule has 30 heavy (non-hydrogen) atoms. The van der Waals surface area contributed by atoms with Crippen LogP contribution in [-0.4, -0.2) is 45.4 Å². The van der Waals surface area contributed by atoms with Crippen LogP contribution in [0.1, 0.15) is 36.1 Å². The molecule has 2 heterocycles. The Balaban J connectivity index is 1.77. The van der Waals surface area contributed by atoms with Crippen molar-refractivity contribution in [2.75, 3.05) is 25.6 Å². The third-order valence-corrected chi connectivity index (χ3v) is 5.11. The summed E-state index contributed by atoms with van der Waals surface area (Å²) in [7, 11) is 1.47. The molecule has 0 saturated heterocycles. The lowest BCUT2D eigenvalue weighted by Gasteiger charge is -2.10.